The molecule has 1 aromatic rings. The molecule has 1 heterocycles. The van der Waals surface area contributed by atoms with E-state index in [9.17, 15) is 0 Å². The van der Waals surface area contributed by atoms with Gasteiger partial charge < -0.3 is 5.32 Å². The normalized spacial score (nSPS) is 34.0. The van der Waals surface area contributed by atoms with Crippen LogP contribution >= 0.6 is 0 Å². The van der Waals surface area contributed by atoms with Gasteiger partial charge in [0.25, 0.3) is 0 Å². The van der Waals surface area contributed by atoms with Crippen LogP contribution in [-0.2, 0) is 6.42 Å². The van der Waals surface area contributed by atoms with Crippen molar-refractivity contribution in [2.24, 2.45) is 11.8 Å². The lowest BCUT2D eigenvalue weighted by molar-refractivity contribution is 0.0651. The molecule has 0 bridgehead atoms. The Hall–Kier alpha value is -0.860. The summed E-state index contributed by atoms with van der Waals surface area (Å²) in [7, 11) is 0. The molecular weight excluding hydrogens is 256 g/mol. The van der Waals surface area contributed by atoms with Crippen molar-refractivity contribution < 1.29 is 0 Å². The molecule has 21 heavy (non-hydrogen) atoms. The molecule has 3 fully saturated rings. The third kappa shape index (κ3) is 3.02. The number of benzene rings is 1. The number of nitrogens with one attached hydrogen (secondary N) is 1. The van der Waals surface area contributed by atoms with E-state index >= 15 is 0 Å². The largest absolute Gasteiger partial charge is 0.308 e. The minimum Gasteiger partial charge on any atom is -0.308 e. The van der Waals surface area contributed by atoms with Gasteiger partial charge in [0.2, 0.25) is 0 Å². The first-order chi connectivity index (χ1) is 10.2. The predicted octanol–water partition coefficient (Wildman–Crippen LogP) is 3.08. The van der Waals surface area contributed by atoms with E-state index in [0.717, 1.165) is 17.9 Å². The Bertz CT molecular complexity index is 478. The second kappa shape index (κ2) is 5.40. The van der Waals surface area contributed by atoms with Crippen LogP contribution in [0.15, 0.2) is 30.3 Å². The fourth-order valence-corrected chi connectivity index (χ4v) is 4.16. The summed E-state index contributed by atoms with van der Waals surface area (Å²) in [6, 6.07) is 11.8. The predicted molar refractivity (Wildman–Crippen MR) is 87.4 cm³/mol. The average molecular weight is 284 g/mol. The summed E-state index contributed by atoms with van der Waals surface area (Å²) in [5.41, 5.74) is 1.86. The summed E-state index contributed by atoms with van der Waals surface area (Å²) in [5.74, 6) is 1.90. The Morgan fingerprint density at radius 2 is 1.90 bits per heavy atom. The number of hydrogen-bond acceptors (Lipinski definition) is 2. The first kappa shape index (κ1) is 13.8. The molecule has 0 amide bonds. The van der Waals surface area contributed by atoms with Gasteiger partial charge in [-0.1, -0.05) is 30.3 Å². The Morgan fingerprint density at radius 1 is 1.14 bits per heavy atom. The van der Waals surface area contributed by atoms with E-state index in [1.165, 1.54) is 57.3 Å². The average Bonchev–Trinajstić information content (AvgIpc) is 3.39. The molecule has 0 aromatic heterocycles. The van der Waals surface area contributed by atoms with Gasteiger partial charge in [-0.25, -0.2) is 0 Å². The second-order valence-electron chi connectivity index (χ2n) is 7.68. The molecule has 1 aliphatic heterocycles. The molecule has 1 saturated heterocycles. The third-order valence-electron chi connectivity index (χ3n) is 5.89. The molecule has 4 rings (SSSR count). The number of rotatable bonds is 5. The monoisotopic (exact) mass is 284 g/mol. The highest BCUT2D eigenvalue weighted by Gasteiger charge is 2.48. The van der Waals surface area contributed by atoms with Gasteiger partial charge in [0.05, 0.1) is 0 Å². The molecule has 0 spiro atoms. The lowest BCUT2D eigenvalue weighted by Crippen LogP contribution is -2.64. The maximum absolute atomic E-state index is 3.92. The van der Waals surface area contributed by atoms with E-state index in [0.29, 0.717) is 5.54 Å². The van der Waals surface area contributed by atoms with Crippen molar-refractivity contribution in [3.8, 4) is 0 Å². The molecule has 2 aliphatic carbocycles. The van der Waals surface area contributed by atoms with E-state index in [-0.39, 0.29) is 0 Å². The quantitative estimate of drug-likeness (QED) is 0.894. The highest BCUT2D eigenvalue weighted by Crippen LogP contribution is 2.44. The smallest absolute Gasteiger partial charge is 0.0309 e. The Labute approximate surface area is 128 Å². The number of piperazine rings is 1. The van der Waals surface area contributed by atoms with Crippen molar-refractivity contribution in [3.05, 3.63) is 35.9 Å². The van der Waals surface area contributed by atoms with Crippen LogP contribution in [0.2, 0.25) is 0 Å². The van der Waals surface area contributed by atoms with Gasteiger partial charge in [0.1, 0.15) is 0 Å². The fourth-order valence-electron chi connectivity index (χ4n) is 4.16. The second-order valence-corrected chi connectivity index (χ2v) is 7.68. The van der Waals surface area contributed by atoms with Crippen molar-refractivity contribution in [1.29, 1.82) is 0 Å². The van der Waals surface area contributed by atoms with Crippen molar-refractivity contribution in [3.63, 3.8) is 0 Å². The summed E-state index contributed by atoms with van der Waals surface area (Å²) in [6.45, 7) is 6.16. The van der Waals surface area contributed by atoms with Crippen molar-refractivity contribution in [2.75, 3.05) is 19.6 Å². The van der Waals surface area contributed by atoms with Crippen LogP contribution in [-0.4, -0.2) is 36.1 Å². The zero-order chi connectivity index (χ0) is 14.3. The molecule has 2 unspecified atom stereocenters. The molecule has 114 valence electrons. The van der Waals surface area contributed by atoms with E-state index < -0.39 is 0 Å². The maximum Gasteiger partial charge on any atom is 0.0309 e. The van der Waals surface area contributed by atoms with Gasteiger partial charge in [-0.3, -0.25) is 4.90 Å². The zero-order valence-electron chi connectivity index (χ0n) is 13.2. The van der Waals surface area contributed by atoms with Gasteiger partial charge >= 0.3 is 0 Å². The van der Waals surface area contributed by atoms with Gasteiger partial charge in [-0.15, -0.1) is 0 Å². The van der Waals surface area contributed by atoms with Crippen molar-refractivity contribution in [2.45, 2.75) is 50.6 Å². The first-order valence-electron chi connectivity index (χ1n) is 8.78. The molecule has 0 radical (unpaired) electrons. The topological polar surface area (TPSA) is 15.3 Å². The highest BCUT2D eigenvalue weighted by atomic mass is 15.3. The van der Waals surface area contributed by atoms with Crippen LogP contribution in [0.1, 0.15) is 38.2 Å². The van der Waals surface area contributed by atoms with Crippen molar-refractivity contribution in [1.82, 2.24) is 10.2 Å². The van der Waals surface area contributed by atoms with Crippen molar-refractivity contribution >= 4 is 0 Å². The number of nitrogens with zero attached hydrogens (tertiary/aromatic N) is 1. The minimum absolute atomic E-state index is 0.377. The SMILES string of the molecule is CC1(C2CC2)CN(CCc2ccccc2)C(C2CC2)CN1. The molecule has 1 N–H and O–H groups in total. The Balaban J connectivity index is 1.43. The van der Waals surface area contributed by atoms with Crippen LogP contribution in [0.3, 0.4) is 0 Å². The Kier molecular flexibility index (Phi) is 3.55. The van der Waals surface area contributed by atoms with Crippen LogP contribution < -0.4 is 5.32 Å². The van der Waals surface area contributed by atoms with E-state index in [2.05, 4.69) is 47.5 Å². The third-order valence-corrected chi connectivity index (χ3v) is 5.89. The molecule has 2 saturated carbocycles. The molecule has 2 heteroatoms. The molecule has 2 atom stereocenters. The van der Waals surface area contributed by atoms with Gasteiger partial charge in [-0.2, -0.15) is 0 Å². The molecule has 2 nitrogen and oxygen atoms in total. The number of hydrogen-bond donors (Lipinski definition) is 1. The van der Waals surface area contributed by atoms with Gasteiger partial charge in [-0.05, 0) is 56.4 Å². The van der Waals surface area contributed by atoms with E-state index in [4.69, 9.17) is 0 Å². The van der Waals surface area contributed by atoms with E-state index in [1.807, 2.05) is 0 Å². The molecule has 3 aliphatic rings. The lowest BCUT2D eigenvalue weighted by atomic mass is 9.89. The van der Waals surface area contributed by atoms with Crippen LogP contribution in [0.5, 0.6) is 0 Å². The first-order valence-corrected chi connectivity index (χ1v) is 8.78. The maximum atomic E-state index is 3.92. The van der Waals surface area contributed by atoms with Crippen LogP contribution in [0.25, 0.3) is 0 Å². The summed E-state index contributed by atoms with van der Waals surface area (Å²) in [5, 5.41) is 3.92. The van der Waals surface area contributed by atoms with Crippen LogP contribution in [0, 0.1) is 11.8 Å². The Morgan fingerprint density at radius 3 is 2.57 bits per heavy atom. The summed E-state index contributed by atoms with van der Waals surface area (Å²) < 4.78 is 0. The van der Waals surface area contributed by atoms with Gasteiger partial charge in [0, 0.05) is 31.2 Å². The summed E-state index contributed by atoms with van der Waals surface area (Å²) >= 11 is 0. The minimum atomic E-state index is 0.377. The van der Waals surface area contributed by atoms with Crippen LogP contribution in [0.4, 0.5) is 0 Å². The van der Waals surface area contributed by atoms with Gasteiger partial charge in [0.15, 0.2) is 0 Å². The molecular formula is C19H28N2. The summed E-state index contributed by atoms with van der Waals surface area (Å²) in [4.78, 5) is 2.82. The zero-order valence-corrected chi connectivity index (χ0v) is 13.2. The van der Waals surface area contributed by atoms with E-state index in [1.54, 1.807) is 0 Å². The lowest BCUT2D eigenvalue weighted by Gasteiger charge is -2.47. The fraction of sp³-hybridized carbons (Fsp3) is 0.684. The standard InChI is InChI=1S/C19H28N2/c1-19(17-9-10-17)14-21(18(13-20-19)16-7-8-16)12-11-15-5-3-2-4-6-15/h2-6,16-18,20H,7-14H2,1H3. The highest BCUT2D eigenvalue weighted by molar-refractivity contribution is 5.15. The molecule has 1 aromatic carbocycles. The summed E-state index contributed by atoms with van der Waals surface area (Å²) in [6.07, 6.45) is 6.97.